The predicted molar refractivity (Wildman–Crippen MR) is 86.2 cm³/mol. The van der Waals surface area contributed by atoms with Crippen LogP contribution in [0.4, 0.5) is 0 Å². The van der Waals surface area contributed by atoms with E-state index in [0.717, 1.165) is 0 Å². The van der Waals surface area contributed by atoms with Gasteiger partial charge in [-0.05, 0) is 19.1 Å². The first-order chi connectivity index (χ1) is 10.5. The van der Waals surface area contributed by atoms with Crippen LogP contribution in [-0.4, -0.2) is 68.6 Å². The molecule has 1 saturated heterocycles. The molecule has 2 rings (SSSR count). The van der Waals surface area contributed by atoms with Crippen LogP contribution < -0.4 is 5.32 Å². The number of piperazine rings is 1. The van der Waals surface area contributed by atoms with Gasteiger partial charge in [-0.2, -0.15) is 4.31 Å². The fraction of sp³-hybridized carbons (Fsp3) is 0.533. The summed E-state index contributed by atoms with van der Waals surface area (Å²) in [6, 6.07) is 8.95. The van der Waals surface area contributed by atoms with Gasteiger partial charge in [-0.15, -0.1) is 0 Å². The Balaban J connectivity index is 1.97. The summed E-state index contributed by atoms with van der Waals surface area (Å²) in [5.41, 5.74) is 0.587. The Morgan fingerprint density at radius 2 is 1.86 bits per heavy atom. The van der Waals surface area contributed by atoms with Crippen molar-refractivity contribution in [2.24, 2.45) is 0 Å². The van der Waals surface area contributed by atoms with Gasteiger partial charge in [0.2, 0.25) is 10.0 Å². The second-order valence-electron chi connectivity index (χ2n) is 5.22. The number of sulfonamides is 1. The van der Waals surface area contributed by atoms with Gasteiger partial charge in [0.1, 0.15) is 0 Å². The van der Waals surface area contributed by atoms with Crippen molar-refractivity contribution in [3.05, 3.63) is 35.9 Å². The highest BCUT2D eigenvalue weighted by Crippen LogP contribution is 2.08. The van der Waals surface area contributed by atoms with E-state index in [1.165, 1.54) is 4.31 Å². The zero-order valence-corrected chi connectivity index (χ0v) is 13.7. The summed E-state index contributed by atoms with van der Waals surface area (Å²) in [4.78, 5) is 14.0. The molecular formula is C15H23N3O3S. The molecular weight excluding hydrogens is 302 g/mol. The van der Waals surface area contributed by atoms with E-state index in [-0.39, 0.29) is 18.2 Å². The molecule has 1 N–H and O–H groups in total. The monoisotopic (exact) mass is 325 g/mol. The Morgan fingerprint density at radius 3 is 2.45 bits per heavy atom. The van der Waals surface area contributed by atoms with Crippen molar-refractivity contribution in [2.75, 3.05) is 45.0 Å². The molecule has 1 aromatic carbocycles. The van der Waals surface area contributed by atoms with Crippen molar-refractivity contribution in [1.29, 1.82) is 0 Å². The number of hydrogen-bond acceptors (Lipinski definition) is 4. The van der Waals surface area contributed by atoms with Gasteiger partial charge in [0.15, 0.2) is 0 Å². The Kier molecular flexibility index (Phi) is 5.93. The first kappa shape index (κ1) is 16.9. The number of benzene rings is 1. The number of carbonyl (C=O) groups is 1. The van der Waals surface area contributed by atoms with Gasteiger partial charge in [-0.25, -0.2) is 8.42 Å². The second-order valence-corrected chi connectivity index (χ2v) is 7.30. The molecule has 1 fully saturated rings. The van der Waals surface area contributed by atoms with Crippen molar-refractivity contribution in [1.82, 2.24) is 14.5 Å². The average Bonchev–Trinajstić information content (AvgIpc) is 2.57. The van der Waals surface area contributed by atoms with Crippen LogP contribution in [0.15, 0.2) is 30.3 Å². The van der Waals surface area contributed by atoms with Crippen molar-refractivity contribution >= 4 is 15.9 Å². The summed E-state index contributed by atoms with van der Waals surface area (Å²) < 4.78 is 26.2. The number of hydrogen-bond donors (Lipinski definition) is 1. The number of nitrogens with zero attached hydrogens (tertiary/aromatic N) is 2. The van der Waals surface area contributed by atoms with Crippen LogP contribution in [0.5, 0.6) is 0 Å². The summed E-state index contributed by atoms with van der Waals surface area (Å²) in [6.07, 6.45) is 0. The molecule has 0 atom stereocenters. The molecule has 1 aliphatic heterocycles. The lowest BCUT2D eigenvalue weighted by atomic mass is 10.2. The molecule has 0 unspecified atom stereocenters. The minimum Gasteiger partial charge on any atom is -0.338 e. The highest BCUT2D eigenvalue weighted by atomic mass is 32.2. The van der Waals surface area contributed by atoms with E-state index in [4.69, 9.17) is 0 Å². The van der Waals surface area contributed by atoms with E-state index in [9.17, 15) is 13.2 Å². The summed E-state index contributed by atoms with van der Waals surface area (Å²) in [7, 11) is -3.30. The zero-order chi connectivity index (χ0) is 16.0. The van der Waals surface area contributed by atoms with Gasteiger partial charge in [0, 0.05) is 44.8 Å². The molecule has 0 spiro atoms. The van der Waals surface area contributed by atoms with Crippen molar-refractivity contribution < 1.29 is 13.2 Å². The van der Waals surface area contributed by atoms with E-state index in [1.807, 2.05) is 13.0 Å². The summed E-state index contributed by atoms with van der Waals surface area (Å²) in [6.45, 7) is 4.93. The molecule has 1 aromatic rings. The molecule has 122 valence electrons. The van der Waals surface area contributed by atoms with Crippen LogP contribution in [0.3, 0.4) is 0 Å². The summed E-state index contributed by atoms with van der Waals surface area (Å²) in [5, 5.41) is 3.13. The molecule has 6 nitrogen and oxygen atoms in total. The molecule has 22 heavy (non-hydrogen) atoms. The van der Waals surface area contributed by atoms with Crippen molar-refractivity contribution in [3.8, 4) is 0 Å². The largest absolute Gasteiger partial charge is 0.338 e. The minimum absolute atomic E-state index is 0.0284. The third-order valence-electron chi connectivity index (χ3n) is 3.78. The van der Waals surface area contributed by atoms with E-state index in [1.54, 1.807) is 29.2 Å². The molecule has 1 amide bonds. The lowest BCUT2D eigenvalue weighted by molar-refractivity contribution is 0.0773. The SMILES string of the molecule is CCN(CCS(=O)(=O)N1CCNCC1)C(=O)c1ccccc1. The van der Waals surface area contributed by atoms with Crippen LogP contribution in [-0.2, 0) is 10.0 Å². The van der Waals surface area contributed by atoms with Gasteiger partial charge in [0.25, 0.3) is 5.91 Å². The fourth-order valence-electron chi connectivity index (χ4n) is 2.44. The molecule has 1 aliphatic rings. The third-order valence-corrected chi connectivity index (χ3v) is 5.63. The molecule has 0 aromatic heterocycles. The lowest BCUT2D eigenvalue weighted by Crippen LogP contribution is -2.48. The maximum absolute atomic E-state index is 12.4. The number of rotatable bonds is 6. The highest BCUT2D eigenvalue weighted by molar-refractivity contribution is 7.89. The van der Waals surface area contributed by atoms with Crippen LogP contribution in [0, 0.1) is 0 Å². The van der Waals surface area contributed by atoms with Gasteiger partial charge >= 0.3 is 0 Å². The Morgan fingerprint density at radius 1 is 1.23 bits per heavy atom. The van der Waals surface area contributed by atoms with Crippen molar-refractivity contribution in [3.63, 3.8) is 0 Å². The Bertz CT molecular complexity index is 583. The first-order valence-corrected chi connectivity index (χ1v) is 9.18. The molecule has 1 heterocycles. The maximum atomic E-state index is 12.4. The normalized spacial score (nSPS) is 16.4. The minimum atomic E-state index is -3.30. The van der Waals surface area contributed by atoms with E-state index >= 15 is 0 Å². The van der Waals surface area contributed by atoms with Crippen molar-refractivity contribution in [2.45, 2.75) is 6.92 Å². The molecule has 0 bridgehead atoms. The molecule has 0 aliphatic carbocycles. The van der Waals surface area contributed by atoms with Gasteiger partial charge < -0.3 is 10.2 Å². The third kappa shape index (κ3) is 4.28. The Hall–Kier alpha value is -1.44. The maximum Gasteiger partial charge on any atom is 0.253 e. The smallest absolute Gasteiger partial charge is 0.253 e. The molecule has 0 radical (unpaired) electrons. The zero-order valence-electron chi connectivity index (χ0n) is 12.9. The van der Waals surface area contributed by atoms with Gasteiger partial charge in [-0.3, -0.25) is 4.79 Å². The Labute approximate surface area is 132 Å². The average molecular weight is 325 g/mol. The first-order valence-electron chi connectivity index (χ1n) is 7.57. The predicted octanol–water partition coefficient (Wildman–Crippen LogP) is 0.384. The quantitative estimate of drug-likeness (QED) is 0.821. The molecule has 7 heteroatoms. The van der Waals surface area contributed by atoms with Crippen LogP contribution >= 0.6 is 0 Å². The number of nitrogens with one attached hydrogen (secondary N) is 1. The highest BCUT2D eigenvalue weighted by Gasteiger charge is 2.25. The second kappa shape index (κ2) is 7.71. The van der Waals surface area contributed by atoms with Crippen LogP contribution in [0.2, 0.25) is 0 Å². The van der Waals surface area contributed by atoms with E-state index < -0.39 is 10.0 Å². The lowest BCUT2D eigenvalue weighted by Gasteiger charge is -2.28. The fourth-order valence-corrected chi connectivity index (χ4v) is 3.89. The van der Waals surface area contributed by atoms with Crippen LogP contribution in [0.25, 0.3) is 0 Å². The standard InChI is InChI=1S/C15H23N3O3S/c1-2-17(15(19)14-6-4-3-5-7-14)12-13-22(20,21)18-10-8-16-9-11-18/h3-7,16H,2,8-13H2,1H3. The summed E-state index contributed by atoms with van der Waals surface area (Å²) in [5.74, 6) is -0.155. The molecule has 0 saturated carbocycles. The summed E-state index contributed by atoms with van der Waals surface area (Å²) >= 11 is 0. The van der Waals surface area contributed by atoms with E-state index in [2.05, 4.69) is 5.32 Å². The van der Waals surface area contributed by atoms with Gasteiger partial charge in [-0.1, -0.05) is 18.2 Å². The van der Waals surface area contributed by atoms with Gasteiger partial charge in [0.05, 0.1) is 5.75 Å². The van der Waals surface area contributed by atoms with E-state index in [0.29, 0.717) is 38.3 Å². The topological polar surface area (TPSA) is 69.7 Å². The van der Waals surface area contributed by atoms with Crippen LogP contribution in [0.1, 0.15) is 17.3 Å². The number of amides is 1. The number of carbonyl (C=O) groups excluding carboxylic acids is 1.